The maximum atomic E-state index is 13.4. The van der Waals surface area contributed by atoms with E-state index in [1.165, 1.54) is 12.1 Å². The number of rotatable bonds is 6. The molecule has 0 saturated heterocycles. The first kappa shape index (κ1) is 20.9. The third kappa shape index (κ3) is 3.70. The summed E-state index contributed by atoms with van der Waals surface area (Å²) in [7, 11) is -3.83. The van der Waals surface area contributed by atoms with Crippen LogP contribution in [0.25, 0.3) is 0 Å². The fourth-order valence-electron chi connectivity index (χ4n) is 3.98. The quantitative estimate of drug-likeness (QED) is 0.769. The summed E-state index contributed by atoms with van der Waals surface area (Å²) in [6.07, 6.45) is 2.09. The number of amides is 1. The van der Waals surface area contributed by atoms with Gasteiger partial charge in [-0.05, 0) is 63.9 Å². The van der Waals surface area contributed by atoms with Crippen molar-refractivity contribution >= 4 is 27.3 Å². The largest absolute Gasteiger partial charge is 0.353 e. The normalized spacial score (nSPS) is 17.4. The Kier molecular flexibility index (Phi) is 5.87. The van der Waals surface area contributed by atoms with Gasteiger partial charge in [-0.25, -0.2) is 8.42 Å². The lowest BCUT2D eigenvalue weighted by atomic mass is 10.1. The van der Waals surface area contributed by atoms with Crippen LogP contribution in [0.4, 0.5) is 0 Å². The minimum Gasteiger partial charge on any atom is -0.353 e. The molecular weight excluding hydrogens is 398 g/mol. The molecule has 0 radical (unpaired) electrons. The zero-order valence-corrected chi connectivity index (χ0v) is 18.0. The van der Waals surface area contributed by atoms with E-state index in [2.05, 4.69) is 10.4 Å². The molecule has 1 fully saturated rings. The molecule has 1 atom stereocenters. The van der Waals surface area contributed by atoms with E-state index in [1.54, 1.807) is 12.1 Å². The molecule has 1 unspecified atom stereocenters. The zero-order chi connectivity index (χ0) is 20.5. The smallest absolute Gasteiger partial charge is 0.241 e. The third-order valence-corrected chi connectivity index (χ3v) is 8.25. The Hall–Kier alpha value is -1.86. The lowest BCUT2D eigenvalue weighted by Gasteiger charge is -2.28. The van der Waals surface area contributed by atoms with Crippen LogP contribution in [-0.2, 0) is 14.6 Å². The Morgan fingerprint density at radius 1 is 1.25 bits per heavy atom. The molecule has 1 aromatic heterocycles. The lowest BCUT2D eigenvalue weighted by molar-refractivity contribution is -0.123. The first-order valence-corrected chi connectivity index (χ1v) is 11.3. The van der Waals surface area contributed by atoms with Gasteiger partial charge in [0.2, 0.25) is 5.91 Å². The first-order valence-electron chi connectivity index (χ1n) is 9.49. The van der Waals surface area contributed by atoms with E-state index in [1.807, 2.05) is 31.5 Å². The van der Waals surface area contributed by atoms with Crippen molar-refractivity contribution < 1.29 is 13.2 Å². The molecule has 8 heteroatoms. The molecule has 0 bridgehead atoms. The van der Waals surface area contributed by atoms with Gasteiger partial charge in [0.05, 0.1) is 16.6 Å². The van der Waals surface area contributed by atoms with Gasteiger partial charge in [0.15, 0.2) is 14.6 Å². The molecule has 1 amide bonds. The number of nitrogens with one attached hydrogen (secondary N) is 1. The van der Waals surface area contributed by atoms with Crippen molar-refractivity contribution in [2.24, 2.45) is 0 Å². The number of benzene rings is 1. The van der Waals surface area contributed by atoms with E-state index in [-0.39, 0.29) is 10.9 Å². The second-order valence-electron chi connectivity index (χ2n) is 7.59. The van der Waals surface area contributed by atoms with Crippen LogP contribution in [0.15, 0.2) is 35.2 Å². The van der Waals surface area contributed by atoms with Crippen molar-refractivity contribution in [1.82, 2.24) is 15.1 Å². The topological polar surface area (TPSA) is 81.1 Å². The average molecular weight is 424 g/mol. The van der Waals surface area contributed by atoms with Crippen molar-refractivity contribution in [3.63, 3.8) is 0 Å². The third-order valence-electron chi connectivity index (χ3n) is 5.48. The highest BCUT2D eigenvalue weighted by molar-refractivity contribution is 7.93. The minimum absolute atomic E-state index is 0.0747. The summed E-state index contributed by atoms with van der Waals surface area (Å²) >= 11 is 5.89. The molecule has 1 heterocycles. The molecule has 28 heavy (non-hydrogen) atoms. The van der Waals surface area contributed by atoms with E-state index in [9.17, 15) is 13.2 Å². The Bertz CT molecular complexity index is 961. The Morgan fingerprint density at radius 3 is 2.39 bits per heavy atom. The highest BCUT2D eigenvalue weighted by atomic mass is 35.5. The van der Waals surface area contributed by atoms with Crippen molar-refractivity contribution in [3.8, 4) is 0 Å². The molecule has 3 rings (SSSR count). The maximum Gasteiger partial charge on any atom is 0.241 e. The summed E-state index contributed by atoms with van der Waals surface area (Å²) < 4.78 is 27.2. The predicted octanol–water partition coefficient (Wildman–Crippen LogP) is 3.62. The van der Waals surface area contributed by atoms with Crippen LogP contribution in [0.3, 0.4) is 0 Å². The van der Waals surface area contributed by atoms with Gasteiger partial charge in [0.25, 0.3) is 0 Å². The Balaban J connectivity index is 1.82. The Labute approximate surface area is 171 Å². The molecule has 6 nitrogen and oxygen atoms in total. The van der Waals surface area contributed by atoms with Gasteiger partial charge < -0.3 is 5.32 Å². The first-order chi connectivity index (χ1) is 13.2. The fraction of sp³-hybridized carbons (Fsp3) is 0.500. The number of sulfone groups is 1. The van der Waals surface area contributed by atoms with Gasteiger partial charge in [-0.3, -0.25) is 9.48 Å². The van der Waals surface area contributed by atoms with Crippen LogP contribution < -0.4 is 5.32 Å². The number of aryl methyl sites for hydroxylation is 2. The number of nitrogens with zero attached hydrogens (tertiary/aromatic N) is 2. The monoisotopic (exact) mass is 423 g/mol. The molecule has 1 aliphatic rings. The molecule has 152 valence electrons. The van der Waals surface area contributed by atoms with Crippen molar-refractivity contribution in [2.75, 3.05) is 6.54 Å². The van der Waals surface area contributed by atoms with Crippen LogP contribution >= 0.6 is 11.6 Å². The van der Waals surface area contributed by atoms with Crippen LogP contribution in [0.5, 0.6) is 0 Å². The van der Waals surface area contributed by atoms with E-state index < -0.39 is 20.5 Å². The van der Waals surface area contributed by atoms with E-state index in [0.29, 0.717) is 37.3 Å². The van der Waals surface area contributed by atoms with Gasteiger partial charge in [0, 0.05) is 17.3 Å². The average Bonchev–Trinajstić information content (AvgIpc) is 3.27. The van der Waals surface area contributed by atoms with Crippen LogP contribution in [0.2, 0.25) is 5.02 Å². The molecule has 1 aliphatic carbocycles. The van der Waals surface area contributed by atoms with Crippen LogP contribution in [0, 0.1) is 13.8 Å². The summed E-state index contributed by atoms with van der Waals surface area (Å²) in [6.45, 7) is 6.15. The highest BCUT2D eigenvalue weighted by Crippen LogP contribution is 2.41. The van der Waals surface area contributed by atoms with Gasteiger partial charge in [-0.15, -0.1) is 0 Å². The number of halogens is 1. The summed E-state index contributed by atoms with van der Waals surface area (Å²) in [5.41, 5.74) is 1.91. The van der Waals surface area contributed by atoms with Crippen molar-refractivity contribution in [1.29, 1.82) is 0 Å². The van der Waals surface area contributed by atoms with Crippen LogP contribution in [-0.4, -0.2) is 35.4 Å². The lowest BCUT2D eigenvalue weighted by Crippen LogP contribution is -2.51. The molecule has 1 aromatic carbocycles. The molecule has 1 N–H and O–H groups in total. The zero-order valence-electron chi connectivity index (χ0n) is 16.4. The molecular formula is C20H26ClN3O3S. The number of hydrogen-bond acceptors (Lipinski definition) is 4. The predicted molar refractivity (Wildman–Crippen MR) is 109 cm³/mol. The SMILES string of the molecule is Cc1cc(C)n(C(C)CNC(=O)C2(S(=O)(=O)c3ccc(Cl)cc3)CCCC2)n1. The molecule has 0 spiro atoms. The van der Waals surface area contributed by atoms with Gasteiger partial charge in [-0.2, -0.15) is 5.10 Å². The van der Waals surface area contributed by atoms with Gasteiger partial charge >= 0.3 is 0 Å². The second-order valence-corrected chi connectivity index (χ2v) is 10.3. The summed E-state index contributed by atoms with van der Waals surface area (Å²) in [5.74, 6) is -0.423. The fourth-order valence-corrected chi connectivity index (χ4v) is 6.20. The number of carbonyl (C=O) groups is 1. The number of aromatic nitrogens is 2. The minimum atomic E-state index is -3.83. The van der Waals surface area contributed by atoms with Crippen LogP contribution in [0.1, 0.15) is 50.0 Å². The van der Waals surface area contributed by atoms with E-state index in [4.69, 9.17) is 11.6 Å². The standard InChI is InChI=1S/C20H26ClN3O3S/c1-14-12-15(2)24(23-14)16(3)13-22-19(25)20(10-4-5-11-20)28(26,27)18-8-6-17(21)7-9-18/h6-9,12,16H,4-5,10-11,13H2,1-3H3,(H,22,25). The summed E-state index contributed by atoms with van der Waals surface area (Å²) in [5, 5.41) is 7.79. The molecule has 1 saturated carbocycles. The number of carbonyl (C=O) groups excluding carboxylic acids is 1. The van der Waals surface area contributed by atoms with E-state index in [0.717, 1.165) is 11.4 Å². The van der Waals surface area contributed by atoms with Crippen molar-refractivity contribution in [3.05, 3.63) is 46.7 Å². The van der Waals surface area contributed by atoms with Crippen molar-refractivity contribution in [2.45, 2.75) is 62.1 Å². The summed E-state index contributed by atoms with van der Waals surface area (Å²) in [6, 6.07) is 7.93. The molecule has 2 aromatic rings. The maximum absolute atomic E-state index is 13.4. The van der Waals surface area contributed by atoms with E-state index >= 15 is 0 Å². The van der Waals surface area contributed by atoms with Gasteiger partial charge in [0.1, 0.15) is 0 Å². The number of hydrogen-bond donors (Lipinski definition) is 1. The Morgan fingerprint density at radius 2 is 1.86 bits per heavy atom. The summed E-state index contributed by atoms with van der Waals surface area (Å²) in [4.78, 5) is 13.3. The molecule has 0 aliphatic heterocycles. The second kappa shape index (κ2) is 7.87. The highest BCUT2D eigenvalue weighted by Gasteiger charge is 2.52. The van der Waals surface area contributed by atoms with Gasteiger partial charge in [-0.1, -0.05) is 24.4 Å².